The van der Waals surface area contributed by atoms with E-state index in [1.807, 2.05) is 6.92 Å². The number of cyclic esters (lactones) is 1. The van der Waals surface area contributed by atoms with E-state index in [2.05, 4.69) is 0 Å². The maximum Gasteiger partial charge on any atom is 0.323 e. The molecule has 0 spiro atoms. The second-order valence-corrected chi connectivity index (χ2v) is 3.40. The molecule has 0 amide bonds. The van der Waals surface area contributed by atoms with Crippen LogP contribution < -0.4 is 0 Å². The Kier molecular flexibility index (Phi) is 3.49. The Morgan fingerprint density at radius 1 is 1.57 bits per heavy atom. The molecule has 0 saturated carbocycles. The van der Waals surface area contributed by atoms with Crippen molar-refractivity contribution in [3.05, 3.63) is 0 Å². The molecule has 80 valence electrons. The van der Waals surface area contributed by atoms with Crippen LogP contribution in [0.2, 0.25) is 0 Å². The minimum Gasteiger partial charge on any atom is -0.465 e. The standard InChI is InChI=1S/C10H16O4/c1-3-10(8(11)13-4-2)6-5-7-14-9(10)12/h3-7H2,1-2H3/t10-/m0/s1. The van der Waals surface area contributed by atoms with Crippen LogP contribution in [0.1, 0.15) is 33.1 Å². The molecule has 0 N–H and O–H groups in total. The highest BCUT2D eigenvalue weighted by Crippen LogP contribution is 2.34. The maximum atomic E-state index is 11.6. The van der Waals surface area contributed by atoms with Crippen LogP contribution in [0, 0.1) is 5.41 Å². The molecule has 1 atom stereocenters. The second kappa shape index (κ2) is 4.44. The molecule has 0 aromatic rings. The number of hydrogen-bond acceptors (Lipinski definition) is 4. The van der Waals surface area contributed by atoms with E-state index in [9.17, 15) is 9.59 Å². The highest BCUT2D eigenvalue weighted by Gasteiger charge is 2.48. The van der Waals surface area contributed by atoms with E-state index < -0.39 is 17.4 Å². The summed E-state index contributed by atoms with van der Waals surface area (Å²) in [5.41, 5.74) is -1.03. The molecule has 0 aromatic heterocycles. The first-order valence-electron chi connectivity index (χ1n) is 5.02. The Bertz CT molecular complexity index is 236. The van der Waals surface area contributed by atoms with Crippen molar-refractivity contribution in [3.8, 4) is 0 Å². The normalized spacial score (nSPS) is 26.9. The van der Waals surface area contributed by atoms with Crippen molar-refractivity contribution >= 4 is 11.9 Å². The molecule has 0 aromatic carbocycles. The third-order valence-corrected chi connectivity index (χ3v) is 2.64. The van der Waals surface area contributed by atoms with Crippen molar-refractivity contribution in [2.45, 2.75) is 33.1 Å². The molecule has 4 heteroatoms. The predicted molar refractivity (Wildman–Crippen MR) is 49.6 cm³/mol. The summed E-state index contributed by atoms with van der Waals surface area (Å²) in [7, 11) is 0. The number of carbonyl (C=O) groups excluding carboxylic acids is 2. The van der Waals surface area contributed by atoms with Gasteiger partial charge in [0.2, 0.25) is 0 Å². The summed E-state index contributed by atoms with van der Waals surface area (Å²) in [6.07, 6.45) is 1.73. The van der Waals surface area contributed by atoms with Gasteiger partial charge >= 0.3 is 11.9 Å². The molecule has 0 bridgehead atoms. The van der Waals surface area contributed by atoms with Crippen molar-refractivity contribution in [1.29, 1.82) is 0 Å². The van der Waals surface area contributed by atoms with Crippen LogP contribution in [0.15, 0.2) is 0 Å². The molecule has 0 radical (unpaired) electrons. The van der Waals surface area contributed by atoms with Gasteiger partial charge in [0.05, 0.1) is 13.2 Å². The van der Waals surface area contributed by atoms with Crippen molar-refractivity contribution in [3.63, 3.8) is 0 Å². The van der Waals surface area contributed by atoms with E-state index >= 15 is 0 Å². The molecular formula is C10H16O4. The lowest BCUT2D eigenvalue weighted by molar-refractivity contribution is -0.178. The van der Waals surface area contributed by atoms with Crippen LogP contribution in [0.5, 0.6) is 0 Å². The maximum absolute atomic E-state index is 11.6. The Balaban J connectivity index is 2.82. The van der Waals surface area contributed by atoms with Gasteiger partial charge in [0.15, 0.2) is 5.41 Å². The Hall–Kier alpha value is -1.06. The van der Waals surface area contributed by atoms with Gasteiger partial charge in [-0.2, -0.15) is 0 Å². The number of carbonyl (C=O) groups is 2. The quantitative estimate of drug-likeness (QED) is 0.508. The van der Waals surface area contributed by atoms with Crippen LogP contribution in [0.3, 0.4) is 0 Å². The topological polar surface area (TPSA) is 52.6 Å². The van der Waals surface area contributed by atoms with Crippen LogP contribution in [0.4, 0.5) is 0 Å². The number of rotatable bonds is 3. The average Bonchev–Trinajstić information content (AvgIpc) is 2.19. The van der Waals surface area contributed by atoms with E-state index in [1.165, 1.54) is 0 Å². The summed E-state index contributed by atoms with van der Waals surface area (Å²) in [6, 6.07) is 0. The summed E-state index contributed by atoms with van der Waals surface area (Å²) in [4.78, 5) is 23.2. The highest BCUT2D eigenvalue weighted by atomic mass is 16.6. The SMILES string of the molecule is CCOC(=O)[C@]1(CC)CCCOC1=O. The van der Waals surface area contributed by atoms with Crippen molar-refractivity contribution in [1.82, 2.24) is 0 Å². The minimum absolute atomic E-state index is 0.299. The van der Waals surface area contributed by atoms with E-state index in [0.717, 1.165) is 6.42 Å². The van der Waals surface area contributed by atoms with Crippen molar-refractivity contribution in [2.75, 3.05) is 13.2 Å². The van der Waals surface area contributed by atoms with Gasteiger partial charge in [-0.25, -0.2) is 0 Å². The van der Waals surface area contributed by atoms with Crippen LogP contribution >= 0.6 is 0 Å². The monoisotopic (exact) mass is 200 g/mol. The van der Waals surface area contributed by atoms with Gasteiger partial charge in [-0.15, -0.1) is 0 Å². The van der Waals surface area contributed by atoms with Crippen LogP contribution in [-0.2, 0) is 19.1 Å². The fourth-order valence-electron chi connectivity index (χ4n) is 1.70. The molecule has 1 fully saturated rings. The first-order chi connectivity index (χ1) is 6.67. The predicted octanol–water partition coefficient (Wildman–Crippen LogP) is 1.28. The van der Waals surface area contributed by atoms with E-state index in [-0.39, 0.29) is 0 Å². The first kappa shape index (κ1) is 11.0. The lowest BCUT2D eigenvalue weighted by atomic mass is 9.79. The van der Waals surface area contributed by atoms with Gasteiger partial charge in [0.25, 0.3) is 0 Å². The largest absolute Gasteiger partial charge is 0.465 e. The third kappa shape index (κ3) is 1.74. The van der Waals surface area contributed by atoms with E-state index in [4.69, 9.17) is 9.47 Å². The van der Waals surface area contributed by atoms with Gasteiger partial charge in [-0.3, -0.25) is 9.59 Å². The molecule has 4 nitrogen and oxygen atoms in total. The molecule has 1 heterocycles. The Morgan fingerprint density at radius 3 is 2.79 bits per heavy atom. The molecule has 1 rings (SSSR count). The average molecular weight is 200 g/mol. The molecule has 1 aliphatic rings. The summed E-state index contributed by atoms with van der Waals surface area (Å²) < 4.78 is 9.82. The third-order valence-electron chi connectivity index (χ3n) is 2.64. The van der Waals surface area contributed by atoms with Gasteiger partial charge in [-0.1, -0.05) is 6.92 Å². The van der Waals surface area contributed by atoms with Gasteiger partial charge in [-0.05, 0) is 26.2 Å². The zero-order chi connectivity index (χ0) is 10.6. The lowest BCUT2D eigenvalue weighted by Crippen LogP contribution is -2.44. The number of esters is 2. The number of ether oxygens (including phenoxy) is 2. The molecule has 0 unspecified atom stereocenters. The Labute approximate surface area is 83.6 Å². The highest BCUT2D eigenvalue weighted by molar-refractivity contribution is 6.00. The summed E-state index contributed by atoms with van der Waals surface area (Å²) in [6.45, 7) is 4.26. The minimum atomic E-state index is -1.03. The zero-order valence-electron chi connectivity index (χ0n) is 8.67. The Morgan fingerprint density at radius 2 is 2.29 bits per heavy atom. The van der Waals surface area contributed by atoms with Crippen LogP contribution in [0.25, 0.3) is 0 Å². The molecule has 0 aliphatic carbocycles. The zero-order valence-corrected chi connectivity index (χ0v) is 8.67. The molecular weight excluding hydrogens is 184 g/mol. The molecule has 1 saturated heterocycles. The van der Waals surface area contributed by atoms with Crippen LogP contribution in [-0.4, -0.2) is 25.2 Å². The fraction of sp³-hybridized carbons (Fsp3) is 0.800. The molecule has 1 aliphatic heterocycles. The van der Waals surface area contributed by atoms with Crippen molar-refractivity contribution in [2.24, 2.45) is 5.41 Å². The van der Waals surface area contributed by atoms with Gasteiger partial charge in [0, 0.05) is 0 Å². The summed E-state index contributed by atoms with van der Waals surface area (Å²) in [5.74, 6) is -0.864. The van der Waals surface area contributed by atoms with Gasteiger partial charge < -0.3 is 9.47 Å². The molecule has 14 heavy (non-hydrogen) atoms. The first-order valence-corrected chi connectivity index (χ1v) is 5.02. The van der Waals surface area contributed by atoms with E-state index in [0.29, 0.717) is 26.1 Å². The summed E-state index contributed by atoms with van der Waals surface area (Å²) >= 11 is 0. The smallest absolute Gasteiger partial charge is 0.323 e. The second-order valence-electron chi connectivity index (χ2n) is 3.40. The fourth-order valence-corrected chi connectivity index (χ4v) is 1.70. The number of hydrogen-bond donors (Lipinski definition) is 0. The summed E-state index contributed by atoms with van der Waals surface area (Å²) in [5, 5.41) is 0. The van der Waals surface area contributed by atoms with E-state index in [1.54, 1.807) is 6.92 Å². The van der Waals surface area contributed by atoms with Gasteiger partial charge in [0.1, 0.15) is 0 Å². The van der Waals surface area contributed by atoms with Crippen molar-refractivity contribution < 1.29 is 19.1 Å². The lowest BCUT2D eigenvalue weighted by Gasteiger charge is -2.31.